The minimum atomic E-state index is -0.392. The van der Waals surface area contributed by atoms with Crippen molar-refractivity contribution in [1.29, 1.82) is 0 Å². The molecule has 0 radical (unpaired) electrons. The van der Waals surface area contributed by atoms with Gasteiger partial charge in [-0.25, -0.2) is 14.3 Å². The van der Waals surface area contributed by atoms with E-state index in [2.05, 4.69) is 10.4 Å². The Balaban J connectivity index is 1.40. The van der Waals surface area contributed by atoms with E-state index in [-0.39, 0.29) is 12.6 Å². The molecule has 2 heterocycles. The first kappa shape index (κ1) is 17.8. The van der Waals surface area contributed by atoms with Crippen LogP contribution in [-0.4, -0.2) is 34.9 Å². The lowest BCUT2D eigenvalue weighted by Gasteiger charge is -2.17. The van der Waals surface area contributed by atoms with Gasteiger partial charge in [-0.15, -0.1) is 0 Å². The predicted octanol–water partition coefficient (Wildman–Crippen LogP) is 3.07. The number of aryl methyl sites for hydroxylation is 1. The molecule has 0 bridgehead atoms. The number of benzene rings is 2. The molecule has 2 aromatic carbocycles. The molecule has 7 nitrogen and oxygen atoms in total. The van der Waals surface area contributed by atoms with Crippen molar-refractivity contribution in [2.45, 2.75) is 13.5 Å². The quantitative estimate of drug-likeness (QED) is 0.695. The molecule has 3 aromatic rings. The third-order valence-electron chi connectivity index (χ3n) is 4.66. The molecule has 1 fully saturated rings. The molecule has 1 aliphatic heterocycles. The molecule has 1 aliphatic rings. The van der Waals surface area contributed by atoms with Gasteiger partial charge in [-0.3, -0.25) is 4.90 Å². The number of aromatic nitrogens is 2. The fraction of sp³-hybridized carbons (Fsp3) is 0.190. The van der Waals surface area contributed by atoms with E-state index < -0.39 is 5.97 Å². The van der Waals surface area contributed by atoms with Crippen molar-refractivity contribution in [3.05, 3.63) is 77.6 Å². The van der Waals surface area contributed by atoms with Crippen molar-refractivity contribution >= 4 is 17.7 Å². The first-order valence-corrected chi connectivity index (χ1v) is 9.04. The molecule has 142 valence electrons. The van der Waals surface area contributed by atoms with Gasteiger partial charge in [0.25, 0.3) is 0 Å². The second kappa shape index (κ2) is 7.56. The zero-order valence-corrected chi connectivity index (χ0v) is 15.5. The number of nitrogens with zero attached hydrogens (tertiary/aromatic N) is 3. The Morgan fingerprint density at radius 3 is 2.68 bits per heavy atom. The summed E-state index contributed by atoms with van der Waals surface area (Å²) in [6, 6.07) is 14.6. The van der Waals surface area contributed by atoms with Crippen LogP contribution in [0.2, 0.25) is 0 Å². The Hall–Kier alpha value is -3.61. The van der Waals surface area contributed by atoms with E-state index in [1.807, 2.05) is 43.5 Å². The molecule has 4 rings (SSSR count). The van der Waals surface area contributed by atoms with Crippen molar-refractivity contribution in [2.24, 2.45) is 0 Å². The van der Waals surface area contributed by atoms with Gasteiger partial charge in [0.2, 0.25) is 0 Å². The number of hydrogen-bond acceptors (Lipinski definition) is 4. The first-order valence-electron chi connectivity index (χ1n) is 9.04. The second-order valence-electron chi connectivity index (χ2n) is 6.58. The van der Waals surface area contributed by atoms with E-state index >= 15 is 0 Å². The van der Waals surface area contributed by atoms with Crippen molar-refractivity contribution in [1.82, 2.24) is 15.1 Å². The molecule has 0 aliphatic carbocycles. The summed E-state index contributed by atoms with van der Waals surface area (Å²) in [6.07, 6.45) is 3.59. The Morgan fingerprint density at radius 2 is 2.04 bits per heavy atom. The first-order chi connectivity index (χ1) is 13.6. The molecule has 1 saturated heterocycles. The molecule has 2 amide bonds. The van der Waals surface area contributed by atoms with Gasteiger partial charge < -0.3 is 10.1 Å². The number of carbonyl (C=O) groups is 2. The Kier molecular flexibility index (Phi) is 4.80. The largest absolute Gasteiger partial charge is 0.457 e. The lowest BCUT2D eigenvalue weighted by Crippen LogP contribution is -2.28. The summed E-state index contributed by atoms with van der Waals surface area (Å²) in [5.41, 5.74) is 3.97. The van der Waals surface area contributed by atoms with Crippen LogP contribution < -0.4 is 10.2 Å². The maximum absolute atomic E-state index is 12.4. The molecule has 0 atom stereocenters. The van der Waals surface area contributed by atoms with Gasteiger partial charge in [-0.1, -0.05) is 12.1 Å². The lowest BCUT2D eigenvalue weighted by molar-refractivity contribution is 0.0472. The Morgan fingerprint density at radius 1 is 1.21 bits per heavy atom. The van der Waals surface area contributed by atoms with E-state index in [0.29, 0.717) is 18.7 Å². The van der Waals surface area contributed by atoms with Gasteiger partial charge >= 0.3 is 12.0 Å². The SMILES string of the molecule is Cc1cc(C(=O)OCc2ccc(-n3cccn3)cc2)ccc1N1CCNC1=O. The highest BCUT2D eigenvalue weighted by Crippen LogP contribution is 2.23. The van der Waals surface area contributed by atoms with E-state index in [9.17, 15) is 9.59 Å². The zero-order chi connectivity index (χ0) is 19.5. The summed E-state index contributed by atoms with van der Waals surface area (Å²) >= 11 is 0. The number of amides is 2. The standard InChI is InChI=1S/C21H20N4O3/c1-15-13-17(5-8-19(15)24-12-10-22-21(24)27)20(26)28-14-16-3-6-18(7-4-16)25-11-2-9-23-25/h2-9,11,13H,10,12,14H2,1H3,(H,22,27). The molecule has 1 N–H and O–H groups in total. The number of ether oxygens (including phenoxy) is 1. The number of anilines is 1. The smallest absolute Gasteiger partial charge is 0.338 e. The van der Waals surface area contributed by atoms with Gasteiger partial charge in [0, 0.05) is 31.2 Å². The predicted molar refractivity (Wildman–Crippen MR) is 105 cm³/mol. The van der Waals surface area contributed by atoms with E-state index in [1.54, 1.807) is 34.0 Å². The lowest BCUT2D eigenvalue weighted by atomic mass is 10.1. The van der Waals surface area contributed by atoms with Crippen LogP contribution in [-0.2, 0) is 11.3 Å². The van der Waals surface area contributed by atoms with Crippen LogP contribution in [0.25, 0.3) is 5.69 Å². The molecule has 0 saturated carbocycles. The van der Waals surface area contributed by atoms with Crippen LogP contribution in [0.1, 0.15) is 21.5 Å². The van der Waals surface area contributed by atoms with Crippen molar-refractivity contribution < 1.29 is 14.3 Å². The average Bonchev–Trinajstić information content (AvgIpc) is 3.38. The number of urea groups is 1. The van der Waals surface area contributed by atoms with Gasteiger partial charge in [-0.2, -0.15) is 5.10 Å². The van der Waals surface area contributed by atoms with Gasteiger partial charge in [0.1, 0.15) is 6.61 Å². The molecule has 0 spiro atoms. The average molecular weight is 376 g/mol. The highest BCUT2D eigenvalue weighted by molar-refractivity contribution is 5.96. The fourth-order valence-electron chi connectivity index (χ4n) is 3.19. The maximum Gasteiger partial charge on any atom is 0.338 e. The summed E-state index contributed by atoms with van der Waals surface area (Å²) in [5, 5.41) is 6.96. The van der Waals surface area contributed by atoms with Crippen molar-refractivity contribution in [3.8, 4) is 5.69 Å². The Bertz CT molecular complexity index is 997. The summed E-state index contributed by atoms with van der Waals surface area (Å²) in [5.74, 6) is -0.392. The minimum absolute atomic E-state index is 0.114. The number of rotatable bonds is 5. The zero-order valence-electron chi connectivity index (χ0n) is 15.5. The summed E-state index contributed by atoms with van der Waals surface area (Å²) in [4.78, 5) is 25.9. The van der Waals surface area contributed by atoms with Crippen LogP contribution in [0.5, 0.6) is 0 Å². The monoisotopic (exact) mass is 376 g/mol. The summed E-state index contributed by atoms with van der Waals surface area (Å²) < 4.78 is 7.20. The molecule has 1 aromatic heterocycles. The summed E-state index contributed by atoms with van der Waals surface area (Å²) in [6.45, 7) is 3.32. The Labute approximate surface area is 162 Å². The van der Waals surface area contributed by atoms with Gasteiger partial charge in [0.15, 0.2) is 0 Å². The summed E-state index contributed by atoms with van der Waals surface area (Å²) in [7, 11) is 0. The number of carbonyl (C=O) groups excluding carboxylic acids is 2. The molecule has 0 unspecified atom stereocenters. The fourth-order valence-corrected chi connectivity index (χ4v) is 3.19. The maximum atomic E-state index is 12.4. The highest BCUT2D eigenvalue weighted by atomic mass is 16.5. The minimum Gasteiger partial charge on any atom is -0.457 e. The van der Waals surface area contributed by atoms with Crippen molar-refractivity contribution in [3.63, 3.8) is 0 Å². The van der Waals surface area contributed by atoms with Crippen LogP contribution in [0.3, 0.4) is 0 Å². The third kappa shape index (κ3) is 3.59. The highest BCUT2D eigenvalue weighted by Gasteiger charge is 2.23. The van der Waals surface area contributed by atoms with Crippen LogP contribution >= 0.6 is 0 Å². The third-order valence-corrected chi connectivity index (χ3v) is 4.66. The molecule has 7 heteroatoms. The van der Waals surface area contributed by atoms with Gasteiger partial charge in [0.05, 0.1) is 11.3 Å². The number of hydrogen-bond donors (Lipinski definition) is 1. The normalized spacial score (nSPS) is 13.5. The van der Waals surface area contributed by atoms with E-state index in [4.69, 9.17) is 4.74 Å². The second-order valence-corrected chi connectivity index (χ2v) is 6.58. The van der Waals surface area contributed by atoms with Crippen LogP contribution in [0.4, 0.5) is 10.5 Å². The molecular formula is C21H20N4O3. The topological polar surface area (TPSA) is 76.5 Å². The van der Waals surface area contributed by atoms with E-state index in [1.165, 1.54) is 0 Å². The molecule has 28 heavy (non-hydrogen) atoms. The van der Waals surface area contributed by atoms with Crippen LogP contribution in [0.15, 0.2) is 60.9 Å². The van der Waals surface area contributed by atoms with Crippen molar-refractivity contribution in [2.75, 3.05) is 18.0 Å². The van der Waals surface area contributed by atoms with E-state index in [0.717, 1.165) is 22.5 Å². The van der Waals surface area contributed by atoms with Crippen LogP contribution in [0, 0.1) is 6.92 Å². The number of nitrogens with one attached hydrogen (secondary N) is 1. The van der Waals surface area contributed by atoms with Gasteiger partial charge in [-0.05, 0) is 54.4 Å². The molecular weight excluding hydrogens is 356 g/mol. The number of esters is 1.